The van der Waals surface area contributed by atoms with Gasteiger partial charge < -0.3 is 5.32 Å². The summed E-state index contributed by atoms with van der Waals surface area (Å²) in [5.74, 6) is 0. The molecule has 0 radical (unpaired) electrons. The SMILES string of the molecule is Cc1ncccc1-c1csc(NC(C)C)n1. The standard InChI is InChI=1S/C12H15N3S/c1-8(2)14-12-15-11(7-16-12)10-5-4-6-13-9(10)3/h4-8H,1-3H3,(H,14,15). The van der Waals surface area contributed by atoms with Crippen LogP contribution in [-0.2, 0) is 0 Å². The van der Waals surface area contributed by atoms with Gasteiger partial charge in [-0.3, -0.25) is 4.98 Å². The molecule has 0 saturated heterocycles. The van der Waals surface area contributed by atoms with Crippen molar-refractivity contribution in [2.75, 3.05) is 5.32 Å². The van der Waals surface area contributed by atoms with Crippen molar-refractivity contribution < 1.29 is 0 Å². The van der Waals surface area contributed by atoms with Crippen molar-refractivity contribution in [2.24, 2.45) is 0 Å². The number of nitrogens with zero attached hydrogens (tertiary/aromatic N) is 2. The second kappa shape index (κ2) is 4.61. The monoisotopic (exact) mass is 233 g/mol. The number of anilines is 1. The van der Waals surface area contributed by atoms with Gasteiger partial charge in [-0.1, -0.05) is 0 Å². The Morgan fingerprint density at radius 3 is 2.88 bits per heavy atom. The Balaban J connectivity index is 2.28. The second-order valence-corrected chi connectivity index (χ2v) is 4.83. The normalized spacial score (nSPS) is 10.8. The van der Waals surface area contributed by atoms with E-state index >= 15 is 0 Å². The summed E-state index contributed by atoms with van der Waals surface area (Å²) in [6.45, 7) is 6.22. The minimum Gasteiger partial charge on any atom is -0.359 e. The molecule has 0 aromatic carbocycles. The van der Waals surface area contributed by atoms with Gasteiger partial charge in [0.25, 0.3) is 0 Å². The number of hydrogen-bond acceptors (Lipinski definition) is 4. The van der Waals surface area contributed by atoms with Crippen LogP contribution in [0.5, 0.6) is 0 Å². The molecule has 2 aromatic rings. The molecule has 0 atom stereocenters. The minimum absolute atomic E-state index is 0.411. The maximum Gasteiger partial charge on any atom is 0.183 e. The highest BCUT2D eigenvalue weighted by atomic mass is 32.1. The van der Waals surface area contributed by atoms with Crippen LogP contribution in [0.1, 0.15) is 19.5 Å². The van der Waals surface area contributed by atoms with E-state index in [1.807, 2.05) is 13.0 Å². The van der Waals surface area contributed by atoms with E-state index in [2.05, 4.69) is 40.6 Å². The number of nitrogens with one attached hydrogen (secondary N) is 1. The molecule has 0 aliphatic carbocycles. The molecule has 0 bridgehead atoms. The van der Waals surface area contributed by atoms with Crippen molar-refractivity contribution in [1.82, 2.24) is 9.97 Å². The Hall–Kier alpha value is -1.42. The molecule has 0 fully saturated rings. The van der Waals surface area contributed by atoms with Gasteiger partial charge in [-0.15, -0.1) is 11.3 Å². The smallest absolute Gasteiger partial charge is 0.183 e. The van der Waals surface area contributed by atoms with Crippen LogP contribution < -0.4 is 5.32 Å². The predicted molar refractivity (Wildman–Crippen MR) is 68.8 cm³/mol. The number of aryl methyl sites for hydroxylation is 1. The Morgan fingerprint density at radius 1 is 1.38 bits per heavy atom. The summed E-state index contributed by atoms with van der Waals surface area (Å²) in [6.07, 6.45) is 1.80. The van der Waals surface area contributed by atoms with Gasteiger partial charge in [0, 0.05) is 28.9 Å². The van der Waals surface area contributed by atoms with Gasteiger partial charge in [-0.2, -0.15) is 0 Å². The van der Waals surface area contributed by atoms with E-state index in [0.29, 0.717) is 6.04 Å². The Morgan fingerprint density at radius 2 is 2.19 bits per heavy atom. The van der Waals surface area contributed by atoms with E-state index in [1.54, 1.807) is 17.5 Å². The van der Waals surface area contributed by atoms with Crippen molar-refractivity contribution >= 4 is 16.5 Å². The molecule has 0 saturated carbocycles. The topological polar surface area (TPSA) is 37.8 Å². The molecule has 2 rings (SSSR count). The van der Waals surface area contributed by atoms with Gasteiger partial charge >= 0.3 is 0 Å². The molecular weight excluding hydrogens is 218 g/mol. The van der Waals surface area contributed by atoms with Crippen molar-refractivity contribution in [3.8, 4) is 11.3 Å². The number of rotatable bonds is 3. The van der Waals surface area contributed by atoms with E-state index in [9.17, 15) is 0 Å². The summed E-state index contributed by atoms with van der Waals surface area (Å²) in [7, 11) is 0. The van der Waals surface area contributed by atoms with Gasteiger partial charge in [0.15, 0.2) is 5.13 Å². The zero-order valence-electron chi connectivity index (χ0n) is 9.69. The number of thiazole rings is 1. The summed E-state index contributed by atoms with van der Waals surface area (Å²) in [6, 6.07) is 4.40. The average molecular weight is 233 g/mol. The lowest BCUT2D eigenvalue weighted by Gasteiger charge is -2.04. The quantitative estimate of drug-likeness (QED) is 0.883. The number of hydrogen-bond donors (Lipinski definition) is 1. The van der Waals surface area contributed by atoms with Crippen molar-refractivity contribution in [1.29, 1.82) is 0 Å². The molecule has 1 N–H and O–H groups in total. The second-order valence-electron chi connectivity index (χ2n) is 3.97. The summed E-state index contributed by atoms with van der Waals surface area (Å²) < 4.78 is 0. The van der Waals surface area contributed by atoms with Crippen LogP contribution in [0, 0.1) is 6.92 Å². The van der Waals surface area contributed by atoms with Gasteiger partial charge in [0.2, 0.25) is 0 Å². The lowest BCUT2D eigenvalue weighted by atomic mass is 10.1. The zero-order valence-corrected chi connectivity index (χ0v) is 10.5. The van der Waals surface area contributed by atoms with Crippen LogP contribution in [0.2, 0.25) is 0 Å². The maximum absolute atomic E-state index is 4.55. The highest BCUT2D eigenvalue weighted by molar-refractivity contribution is 7.14. The van der Waals surface area contributed by atoms with Crippen LogP contribution in [0.3, 0.4) is 0 Å². The molecule has 3 nitrogen and oxygen atoms in total. The third-order valence-electron chi connectivity index (χ3n) is 2.20. The molecule has 4 heteroatoms. The average Bonchev–Trinajstić information content (AvgIpc) is 2.66. The van der Waals surface area contributed by atoms with Crippen molar-refractivity contribution in [2.45, 2.75) is 26.8 Å². The zero-order chi connectivity index (χ0) is 11.5. The first kappa shape index (κ1) is 11.1. The van der Waals surface area contributed by atoms with Crippen LogP contribution in [0.4, 0.5) is 5.13 Å². The molecule has 0 aliphatic heterocycles. The molecule has 84 valence electrons. The molecule has 0 aliphatic rings. The van der Waals surface area contributed by atoms with Crippen LogP contribution in [0.25, 0.3) is 11.3 Å². The summed E-state index contributed by atoms with van der Waals surface area (Å²) in [5, 5.41) is 6.33. The third kappa shape index (κ3) is 2.39. The molecule has 2 aromatic heterocycles. The van der Waals surface area contributed by atoms with E-state index in [1.165, 1.54) is 0 Å². The fourth-order valence-corrected chi connectivity index (χ4v) is 2.32. The summed E-state index contributed by atoms with van der Waals surface area (Å²) in [5.41, 5.74) is 3.12. The van der Waals surface area contributed by atoms with Crippen LogP contribution >= 0.6 is 11.3 Å². The molecule has 0 amide bonds. The Labute approximate surface area is 99.6 Å². The lowest BCUT2D eigenvalue weighted by molar-refractivity contribution is 0.896. The third-order valence-corrected chi connectivity index (χ3v) is 2.97. The van der Waals surface area contributed by atoms with Crippen LogP contribution in [0.15, 0.2) is 23.7 Å². The van der Waals surface area contributed by atoms with E-state index in [4.69, 9.17) is 0 Å². The van der Waals surface area contributed by atoms with E-state index in [0.717, 1.165) is 22.1 Å². The maximum atomic E-state index is 4.55. The fraction of sp³-hybridized carbons (Fsp3) is 0.333. The Bertz CT molecular complexity index is 477. The highest BCUT2D eigenvalue weighted by Gasteiger charge is 2.07. The molecule has 2 heterocycles. The number of pyridine rings is 1. The minimum atomic E-state index is 0.411. The highest BCUT2D eigenvalue weighted by Crippen LogP contribution is 2.26. The lowest BCUT2D eigenvalue weighted by Crippen LogP contribution is -2.09. The Kier molecular flexibility index (Phi) is 3.19. The van der Waals surface area contributed by atoms with Crippen LogP contribution in [-0.4, -0.2) is 16.0 Å². The first-order valence-corrected chi connectivity index (χ1v) is 6.19. The molecule has 0 unspecified atom stereocenters. The summed E-state index contributed by atoms with van der Waals surface area (Å²) >= 11 is 1.63. The first-order valence-electron chi connectivity index (χ1n) is 5.31. The predicted octanol–water partition coefficient (Wildman–Crippen LogP) is 3.33. The van der Waals surface area contributed by atoms with Gasteiger partial charge in [0.05, 0.1) is 5.69 Å². The van der Waals surface area contributed by atoms with Gasteiger partial charge in [0.1, 0.15) is 0 Å². The number of aromatic nitrogens is 2. The van der Waals surface area contributed by atoms with E-state index in [-0.39, 0.29) is 0 Å². The summed E-state index contributed by atoms with van der Waals surface area (Å²) in [4.78, 5) is 8.82. The van der Waals surface area contributed by atoms with Crippen molar-refractivity contribution in [3.05, 3.63) is 29.4 Å². The fourth-order valence-electron chi connectivity index (χ4n) is 1.47. The largest absolute Gasteiger partial charge is 0.359 e. The van der Waals surface area contributed by atoms with E-state index < -0.39 is 0 Å². The first-order chi connectivity index (χ1) is 7.66. The molecule has 16 heavy (non-hydrogen) atoms. The molecule has 0 spiro atoms. The van der Waals surface area contributed by atoms with Gasteiger partial charge in [-0.25, -0.2) is 4.98 Å². The van der Waals surface area contributed by atoms with Gasteiger partial charge in [-0.05, 0) is 32.9 Å². The molecular formula is C12H15N3S. The van der Waals surface area contributed by atoms with Crippen molar-refractivity contribution in [3.63, 3.8) is 0 Å².